The van der Waals surface area contributed by atoms with E-state index in [1.165, 1.54) is 12.1 Å². The fraction of sp³-hybridized carbons (Fsp3) is 0.160. The third kappa shape index (κ3) is 5.95. The van der Waals surface area contributed by atoms with E-state index in [2.05, 4.69) is 15.6 Å². The van der Waals surface area contributed by atoms with Gasteiger partial charge in [-0.05, 0) is 24.3 Å². The zero-order chi connectivity index (χ0) is 25.5. The minimum absolute atomic E-state index is 0.00606. The van der Waals surface area contributed by atoms with E-state index in [1.807, 2.05) is 0 Å². The molecule has 0 saturated carbocycles. The highest BCUT2D eigenvalue weighted by molar-refractivity contribution is 6.08. The summed E-state index contributed by atoms with van der Waals surface area (Å²) < 4.78 is 16.0. The molecule has 0 fully saturated rings. The Bertz CT molecular complexity index is 1310. The summed E-state index contributed by atoms with van der Waals surface area (Å²) in [6.45, 7) is -0.126. The van der Waals surface area contributed by atoms with E-state index in [4.69, 9.17) is 19.9 Å². The number of nitrogens with one attached hydrogen (secondary N) is 2. The Morgan fingerprint density at radius 2 is 1.72 bits per heavy atom. The number of ether oxygens (including phenoxy) is 3. The number of hydrogen-bond acceptors (Lipinski definition) is 9. The minimum Gasteiger partial charge on any atom is -0.445 e. The summed E-state index contributed by atoms with van der Waals surface area (Å²) in [7, 11) is 0. The number of para-hydroxylation sites is 2. The van der Waals surface area contributed by atoms with Crippen molar-refractivity contribution in [3.05, 3.63) is 77.6 Å². The molecular weight excluding hydrogens is 468 g/mol. The van der Waals surface area contributed by atoms with E-state index < -0.39 is 23.9 Å². The van der Waals surface area contributed by atoms with Crippen molar-refractivity contribution in [3.8, 4) is 11.5 Å². The van der Waals surface area contributed by atoms with Crippen LogP contribution in [0.4, 0.5) is 16.2 Å². The number of fused-ring (bicyclic) bond motifs is 1. The number of benzene rings is 2. The first-order valence-electron chi connectivity index (χ1n) is 10.9. The molecule has 2 amide bonds. The normalized spacial score (nSPS) is 12.8. The van der Waals surface area contributed by atoms with Crippen LogP contribution in [0.2, 0.25) is 0 Å². The Balaban J connectivity index is 1.57. The first-order valence-corrected chi connectivity index (χ1v) is 10.9. The zero-order valence-electron chi connectivity index (χ0n) is 19.0. The number of carbonyl (C=O) groups is 4. The van der Waals surface area contributed by atoms with Crippen LogP contribution in [0.3, 0.4) is 0 Å². The molecule has 4 rings (SSSR count). The Morgan fingerprint density at radius 3 is 2.44 bits per heavy atom. The molecule has 2 heterocycles. The van der Waals surface area contributed by atoms with Gasteiger partial charge in [-0.25, -0.2) is 4.79 Å². The summed E-state index contributed by atoms with van der Waals surface area (Å²) in [5.41, 5.74) is 7.53. The monoisotopic (exact) mass is 490 g/mol. The van der Waals surface area contributed by atoms with Crippen molar-refractivity contribution >= 4 is 35.3 Å². The fourth-order valence-electron chi connectivity index (χ4n) is 3.32. The Kier molecular flexibility index (Phi) is 7.39. The number of carbonyl (C=O) groups excluding carboxylic acids is 4. The van der Waals surface area contributed by atoms with Crippen LogP contribution in [0, 0.1) is 0 Å². The molecule has 0 atom stereocenters. The Hall–Kier alpha value is -4.93. The molecule has 0 aliphatic carbocycles. The molecule has 0 spiro atoms. The van der Waals surface area contributed by atoms with Gasteiger partial charge in [0.05, 0.1) is 29.8 Å². The number of pyridine rings is 1. The summed E-state index contributed by atoms with van der Waals surface area (Å²) in [6.07, 6.45) is 2.02. The molecule has 0 saturated heterocycles. The van der Waals surface area contributed by atoms with Gasteiger partial charge in [-0.3, -0.25) is 19.4 Å². The lowest BCUT2D eigenvalue weighted by atomic mass is 10.1. The molecule has 3 aromatic rings. The number of aromatic nitrogens is 1. The van der Waals surface area contributed by atoms with Crippen LogP contribution in [-0.4, -0.2) is 28.9 Å². The largest absolute Gasteiger partial charge is 0.445 e. The van der Waals surface area contributed by atoms with Crippen molar-refractivity contribution in [2.45, 2.75) is 26.0 Å². The molecular formula is C25H22N4O7. The maximum atomic E-state index is 13.0. The van der Waals surface area contributed by atoms with E-state index in [-0.39, 0.29) is 43.1 Å². The van der Waals surface area contributed by atoms with Crippen molar-refractivity contribution in [1.29, 1.82) is 0 Å². The predicted octanol–water partition coefficient (Wildman–Crippen LogP) is 2.95. The lowest BCUT2D eigenvalue weighted by Crippen LogP contribution is -2.26. The molecule has 1 aliphatic heterocycles. The first-order chi connectivity index (χ1) is 17.4. The van der Waals surface area contributed by atoms with E-state index in [0.717, 1.165) is 0 Å². The third-order valence-electron chi connectivity index (χ3n) is 5.13. The van der Waals surface area contributed by atoms with Gasteiger partial charge >= 0.3 is 18.0 Å². The number of nitrogens with zero attached hydrogens (tertiary/aromatic N) is 1. The average Bonchev–Trinajstić information content (AvgIpc) is 2.87. The van der Waals surface area contributed by atoms with E-state index in [9.17, 15) is 19.2 Å². The summed E-state index contributed by atoms with van der Waals surface area (Å²) in [6, 6.07) is 13.0. The molecule has 0 unspecified atom stereocenters. The maximum Gasteiger partial charge on any atom is 0.407 e. The number of nitrogens with two attached hydrogens (primary N) is 1. The number of rotatable bonds is 6. The van der Waals surface area contributed by atoms with Crippen LogP contribution in [0.1, 0.15) is 34.3 Å². The highest BCUT2D eigenvalue weighted by Gasteiger charge is 2.28. The number of hydrogen-bond donors (Lipinski definition) is 3. The molecule has 11 heteroatoms. The number of anilines is 2. The standard InChI is InChI=1S/C25H22N4O7/c26-18-5-1-2-6-19(18)29-24(32)17-8-7-16(22-23(17)36-21(31)10-9-20(30)35-22)13-28-25(33)34-14-15-4-3-11-27-12-15/h1-8,11-12H,9-10,13-14,26H2,(H,28,33)(H,29,32). The molecule has 4 N–H and O–H groups in total. The summed E-state index contributed by atoms with van der Waals surface area (Å²) >= 11 is 0. The van der Waals surface area contributed by atoms with Gasteiger partial charge in [-0.1, -0.05) is 24.3 Å². The summed E-state index contributed by atoms with van der Waals surface area (Å²) in [5.74, 6) is -2.40. The van der Waals surface area contributed by atoms with Crippen molar-refractivity contribution < 1.29 is 33.4 Å². The van der Waals surface area contributed by atoms with Crippen molar-refractivity contribution in [1.82, 2.24) is 10.3 Å². The summed E-state index contributed by atoms with van der Waals surface area (Å²) in [4.78, 5) is 53.7. The molecule has 0 bridgehead atoms. The SMILES string of the molecule is Nc1ccccc1NC(=O)c1ccc(CNC(=O)OCc2cccnc2)c2c1OC(=O)CCC(=O)O2. The fourth-order valence-corrected chi connectivity index (χ4v) is 3.32. The Morgan fingerprint density at radius 1 is 0.972 bits per heavy atom. The van der Waals surface area contributed by atoms with Crippen LogP contribution in [0.15, 0.2) is 60.9 Å². The third-order valence-corrected chi connectivity index (χ3v) is 5.13. The lowest BCUT2D eigenvalue weighted by molar-refractivity contribution is -0.142. The molecule has 2 aromatic carbocycles. The van der Waals surface area contributed by atoms with Crippen LogP contribution in [0.5, 0.6) is 11.5 Å². The van der Waals surface area contributed by atoms with Gasteiger partial charge in [0.15, 0.2) is 11.5 Å². The quantitative estimate of drug-likeness (QED) is 0.268. The second kappa shape index (κ2) is 11.0. The molecule has 36 heavy (non-hydrogen) atoms. The van der Waals surface area contributed by atoms with Crippen molar-refractivity contribution in [2.24, 2.45) is 0 Å². The van der Waals surface area contributed by atoms with Gasteiger partial charge in [-0.2, -0.15) is 0 Å². The van der Waals surface area contributed by atoms with Crippen LogP contribution in [-0.2, 0) is 27.5 Å². The Labute approximate surface area is 205 Å². The van der Waals surface area contributed by atoms with Crippen molar-refractivity contribution in [3.63, 3.8) is 0 Å². The van der Waals surface area contributed by atoms with Gasteiger partial charge in [0.1, 0.15) is 6.61 Å². The molecule has 184 valence electrons. The van der Waals surface area contributed by atoms with Gasteiger partial charge in [0, 0.05) is 30.1 Å². The number of alkyl carbamates (subject to hydrolysis) is 1. The summed E-state index contributed by atoms with van der Waals surface area (Å²) in [5, 5.41) is 5.20. The second-order valence-corrected chi connectivity index (χ2v) is 7.71. The minimum atomic E-state index is -0.733. The van der Waals surface area contributed by atoms with Crippen LogP contribution < -0.4 is 25.8 Å². The smallest absolute Gasteiger partial charge is 0.407 e. The second-order valence-electron chi connectivity index (χ2n) is 7.71. The molecule has 11 nitrogen and oxygen atoms in total. The average molecular weight is 490 g/mol. The predicted molar refractivity (Wildman–Crippen MR) is 127 cm³/mol. The van der Waals surface area contributed by atoms with Crippen LogP contribution >= 0.6 is 0 Å². The van der Waals surface area contributed by atoms with Gasteiger partial charge in [0.25, 0.3) is 5.91 Å². The number of nitrogen functional groups attached to an aromatic ring is 1. The highest BCUT2D eigenvalue weighted by atomic mass is 16.6. The highest BCUT2D eigenvalue weighted by Crippen LogP contribution is 2.38. The maximum absolute atomic E-state index is 13.0. The molecule has 1 aromatic heterocycles. The molecule has 1 aliphatic rings. The van der Waals surface area contributed by atoms with E-state index >= 15 is 0 Å². The topological polar surface area (TPSA) is 159 Å². The first kappa shape index (κ1) is 24.2. The van der Waals surface area contributed by atoms with Crippen LogP contribution in [0.25, 0.3) is 0 Å². The van der Waals surface area contributed by atoms with E-state index in [0.29, 0.717) is 22.5 Å². The van der Waals surface area contributed by atoms with Gasteiger partial charge in [-0.15, -0.1) is 0 Å². The van der Waals surface area contributed by atoms with Crippen molar-refractivity contribution in [2.75, 3.05) is 11.1 Å². The zero-order valence-corrected chi connectivity index (χ0v) is 19.0. The van der Waals surface area contributed by atoms with Gasteiger partial charge in [0.2, 0.25) is 0 Å². The molecule has 0 radical (unpaired) electrons. The number of amides is 2. The van der Waals surface area contributed by atoms with Gasteiger partial charge < -0.3 is 30.6 Å². The number of esters is 2. The van der Waals surface area contributed by atoms with E-state index in [1.54, 1.807) is 48.8 Å². The lowest BCUT2D eigenvalue weighted by Gasteiger charge is -2.20.